The summed E-state index contributed by atoms with van der Waals surface area (Å²) in [5, 5.41) is 0. The molecule has 0 aliphatic carbocycles. The first kappa shape index (κ1) is 7.60. The average Bonchev–Trinajstić information content (AvgIpc) is 2.06. The number of hydrogen-bond donors (Lipinski definition) is 0. The zero-order chi connectivity index (χ0) is 7.84. The van der Waals surface area contributed by atoms with Gasteiger partial charge in [0.15, 0.2) is 0 Å². The second kappa shape index (κ2) is 2.78. The summed E-state index contributed by atoms with van der Waals surface area (Å²) in [4.78, 5) is 2.70. The summed E-state index contributed by atoms with van der Waals surface area (Å²) in [5.74, 6) is 1.95. The van der Waals surface area contributed by atoms with Crippen molar-refractivity contribution in [1.82, 2.24) is 4.90 Å². The highest BCUT2D eigenvalue weighted by molar-refractivity contribution is 4.88. The second-order valence-electron chi connectivity index (χ2n) is 4.53. The van der Waals surface area contributed by atoms with E-state index in [0.717, 1.165) is 17.9 Å². The molecule has 0 saturated carbocycles. The summed E-state index contributed by atoms with van der Waals surface area (Å²) in [6.07, 6.45) is 4.43. The Morgan fingerprint density at radius 3 is 2.09 bits per heavy atom. The molecule has 1 nitrogen and oxygen atoms in total. The van der Waals surface area contributed by atoms with Crippen LogP contribution in [0.1, 0.15) is 33.1 Å². The molecule has 0 amide bonds. The first-order chi connectivity index (χ1) is 5.27. The Labute approximate surface area is 69.8 Å². The van der Waals surface area contributed by atoms with Crippen LogP contribution in [0.15, 0.2) is 0 Å². The van der Waals surface area contributed by atoms with E-state index >= 15 is 0 Å². The van der Waals surface area contributed by atoms with Gasteiger partial charge in [-0.3, -0.25) is 0 Å². The van der Waals surface area contributed by atoms with Crippen LogP contribution >= 0.6 is 0 Å². The molecule has 1 atom stereocenters. The molecule has 0 aromatic carbocycles. The van der Waals surface area contributed by atoms with Gasteiger partial charge in [-0.2, -0.15) is 0 Å². The first-order valence-corrected chi connectivity index (χ1v) is 5.01. The third-order valence-electron chi connectivity index (χ3n) is 3.46. The van der Waals surface area contributed by atoms with Gasteiger partial charge in [0.1, 0.15) is 0 Å². The number of hydrogen-bond acceptors (Lipinski definition) is 1. The van der Waals surface area contributed by atoms with Crippen molar-refractivity contribution in [3.63, 3.8) is 0 Å². The Hall–Kier alpha value is -0.0400. The minimum Gasteiger partial charge on any atom is -0.300 e. The van der Waals surface area contributed by atoms with Gasteiger partial charge in [-0.1, -0.05) is 13.8 Å². The van der Waals surface area contributed by atoms with E-state index in [4.69, 9.17) is 0 Å². The summed E-state index contributed by atoms with van der Waals surface area (Å²) < 4.78 is 0. The standard InChI is InChI=1S/C10H19N/c1-8(2)10-7-9-3-5-11(10)6-4-9/h8-10H,3-7H2,1-2H3. The Morgan fingerprint density at radius 2 is 1.82 bits per heavy atom. The highest BCUT2D eigenvalue weighted by Gasteiger charge is 2.34. The molecule has 0 radical (unpaired) electrons. The van der Waals surface area contributed by atoms with E-state index in [1.165, 1.54) is 32.4 Å². The maximum absolute atomic E-state index is 2.70. The predicted molar refractivity (Wildman–Crippen MR) is 47.5 cm³/mol. The van der Waals surface area contributed by atoms with E-state index in [1.54, 1.807) is 0 Å². The lowest BCUT2D eigenvalue weighted by Gasteiger charge is -2.47. The SMILES string of the molecule is CC(C)C1CC2CCN1CC2. The summed E-state index contributed by atoms with van der Waals surface area (Å²) in [7, 11) is 0. The van der Waals surface area contributed by atoms with Gasteiger partial charge in [0, 0.05) is 6.04 Å². The van der Waals surface area contributed by atoms with E-state index in [0.29, 0.717) is 0 Å². The van der Waals surface area contributed by atoms with Crippen molar-refractivity contribution in [2.45, 2.75) is 39.2 Å². The minimum absolute atomic E-state index is 0.873. The number of rotatable bonds is 1. The van der Waals surface area contributed by atoms with Crippen LogP contribution in [0.3, 0.4) is 0 Å². The van der Waals surface area contributed by atoms with Gasteiger partial charge in [-0.15, -0.1) is 0 Å². The highest BCUT2D eigenvalue weighted by atomic mass is 15.2. The Kier molecular flexibility index (Phi) is 1.92. The van der Waals surface area contributed by atoms with Crippen molar-refractivity contribution in [2.24, 2.45) is 11.8 Å². The van der Waals surface area contributed by atoms with Crippen LogP contribution in [0.2, 0.25) is 0 Å². The van der Waals surface area contributed by atoms with E-state index in [2.05, 4.69) is 18.7 Å². The van der Waals surface area contributed by atoms with E-state index < -0.39 is 0 Å². The Bertz CT molecular complexity index is 134. The summed E-state index contributed by atoms with van der Waals surface area (Å²) in [6, 6.07) is 0.919. The van der Waals surface area contributed by atoms with Crippen LogP contribution in [0, 0.1) is 11.8 Å². The van der Waals surface area contributed by atoms with Crippen LogP contribution in [0.4, 0.5) is 0 Å². The normalized spacial score (nSPS) is 43.4. The molecule has 1 heteroatoms. The van der Waals surface area contributed by atoms with Gasteiger partial charge in [0.05, 0.1) is 0 Å². The predicted octanol–water partition coefficient (Wildman–Crippen LogP) is 2.13. The van der Waals surface area contributed by atoms with E-state index in [-0.39, 0.29) is 0 Å². The molecule has 0 aromatic rings. The van der Waals surface area contributed by atoms with Gasteiger partial charge < -0.3 is 4.90 Å². The number of piperidine rings is 3. The maximum atomic E-state index is 2.70. The average molecular weight is 153 g/mol. The van der Waals surface area contributed by atoms with Crippen LogP contribution < -0.4 is 0 Å². The molecule has 11 heavy (non-hydrogen) atoms. The molecule has 3 fully saturated rings. The van der Waals surface area contributed by atoms with Crippen molar-refractivity contribution >= 4 is 0 Å². The molecule has 3 aliphatic rings. The molecule has 1 unspecified atom stereocenters. The fraction of sp³-hybridized carbons (Fsp3) is 1.00. The summed E-state index contributed by atoms with van der Waals surface area (Å²) in [6.45, 7) is 7.50. The quantitative estimate of drug-likeness (QED) is 0.558. The lowest BCUT2D eigenvalue weighted by Crippen LogP contribution is -2.50. The Morgan fingerprint density at radius 1 is 1.18 bits per heavy atom. The van der Waals surface area contributed by atoms with Crippen molar-refractivity contribution < 1.29 is 0 Å². The smallest absolute Gasteiger partial charge is 0.0121 e. The van der Waals surface area contributed by atoms with Crippen molar-refractivity contribution in [3.05, 3.63) is 0 Å². The molecule has 3 saturated heterocycles. The van der Waals surface area contributed by atoms with Crippen LogP contribution in [-0.2, 0) is 0 Å². The molecule has 3 rings (SSSR count). The van der Waals surface area contributed by atoms with E-state index in [9.17, 15) is 0 Å². The molecule has 0 spiro atoms. The van der Waals surface area contributed by atoms with E-state index in [1.807, 2.05) is 0 Å². The fourth-order valence-electron chi connectivity index (χ4n) is 2.70. The maximum Gasteiger partial charge on any atom is 0.0121 e. The van der Waals surface area contributed by atoms with Gasteiger partial charge in [-0.05, 0) is 44.2 Å². The highest BCUT2D eigenvalue weighted by Crippen LogP contribution is 2.34. The molecule has 3 heterocycles. The monoisotopic (exact) mass is 153 g/mol. The van der Waals surface area contributed by atoms with Gasteiger partial charge in [0.25, 0.3) is 0 Å². The van der Waals surface area contributed by atoms with Crippen LogP contribution in [0.5, 0.6) is 0 Å². The molecule has 0 aromatic heterocycles. The topological polar surface area (TPSA) is 3.24 Å². The molecule has 64 valence electrons. The number of fused-ring (bicyclic) bond motifs is 3. The second-order valence-corrected chi connectivity index (χ2v) is 4.53. The van der Waals surface area contributed by atoms with Crippen molar-refractivity contribution in [2.75, 3.05) is 13.1 Å². The van der Waals surface area contributed by atoms with Crippen molar-refractivity contribution in [1.29, 1.82) is 0 Å². The van der Waals surface area contributed by atoms with Crippen LogP contribution in [0.25, 0.3) is 0 Å². The lowest BCUT2D eigenvalue weighted by molar-refractivity contribution is 0.0257. The fourth-order valence-corrected chi connectivity index (χ4v) is 2.70. The molecular formula is C10H19N. The lowest BCUT2D eigenvalue weighted by atomic mass is 9.79. The number of nitrogens with zero attached hydrogens (tertiary/aromatic N) is 1. The van der Waals surface area contributed by atoms with Crippen LogP contribution in [-0.4, -0.2) is 24.0 Å². The summed E-state index contributed by atoms with van der Waals surface area (Å²) >= 11 is 0. The van der Waals surface area contributed by atoms with Gasteiger partial charge in [-0.25, -0.2) is 0 Å². The van der Waals surface area contributed by atoms with Crippen molar-refractivity contribution in [3.8, 4) is 0 Å². The minimum atomic E-state index is 0.873. The molecule has 3 aliphatic heterocycles. The summed E-state index contributed by atoms with van der Waals surface area (Å²) in [5.41, 5.74) is 0. The third-order valence-corrected chi connectivity index (χ3v) is 3.46. The third kappa shape index (κ3) is 1.31. The first-order valence-electron chi connectivity index (χ1n) is 5.01. The molecule has 0 N–H and O–H groups in total. The molecule has 2 bridgehead atoms. The zero-order valence-corrected chi connectivity index (χ0v) is 7.71. The van der Waals surface area contributed by atoms with Gasteiger partial charge in [0.2, 0.25) is 0 Å². The molecular weight excluding hydrogens is 134 g/mol. The Balaban J connectivity index is 2.03. The largest absolute Gasteiger partial charge is 0.300 e. The zero-order valence-electron chi connectivity index (χ0n) is 7.71. The van der Waals surface area contributed by atoms with Gasteiger partial charge >= 0.3 is 0 Å².